The van der Waals surface area contributed by atoms with Crippen LogP contribution in [0.5, 0.6) is 0 Å². The van der Waals surface area contributed by atoms with E-state index in [2.05, 4.69) is 20.9 Å². The third-order valence-corrected chi connectivity index (χ3v) is 9.57. The molecule has 1 atom stereocenters. The minimum atomic E-state index is -0.243. The summed E-state index contributed by atoms with van der Waals surface area (Å²) in [6, 6.07) is 7.61. The second-order valence-corrected chi connectivity index (χ2v) is 11.7. The van der Waals surface area contributed by atoms with Gasteiger partial charge in [0.05, 0.1) is 48.2 Å². The number of hydrogen-bond donors (Lipinski definition) is 2. The molecule has 4 heterocycles. The molecule has 12 heteroatoms. The van der Waals surface area contributed by atoms with E-state index in [4.69, 9.17) is 32.0 Å². The number of aliphatic hydroxyl groups is 1. The normalized spacial score (nSPS) is 18.0. The van der Waals surface area contributed by atoms with E-state index in [-0.39, 0.29) is 23.6 Å². The number of aliphatic hydroxyl groups excluding tert-OH is 1. The minimum Gasteiger partial charge on any atom is -0.390 e. The number of anilines is 1. The van der Waals surface area contributed by atoms with Crippen LogP contribution in [-0.2, 0) is 24.3 Å². The van der Waals surface area contributed by atoms with E-state index in [9.17, 15) is 9.90 Å². The minimum absolute atomic E-state index is 0.000390. The van der Waals surface area contributed by atoms with Gasteiger partial charge in [0.25, 0.3) is 5.56 Å². The van der Waals surface area contributed by atoms with Crippen molar-refractivity contribution in [1.82, 2.24) is 24.5 Å². The van der Waals surface area contributed by atoms with Crippen molar-refractivity contribution < 1.29 is 9.84 Å². The molecule has 208 valence electrons. The van der Waals surface area contributed by atoms with Gasteiger partial charge in [-0.3, -0.25) is 14.3 Å². The molecule has 4 aromatic rings. The van der Waals surface area contributed by atoms with Crippen molar-refractivity contribution in [2.24, 2.45) is 11.1 Å². The molecule has 0 unspecified atom stereocenters. The van der Waals surface area contributed by atoms with E-state index in [1.54, 1.807) is 19.4 Å². The summed E-state index contributed by atoms with van der Waals surface area (Å²) in [5.41, 5.74) is 9.77. The first kappa shape index (κ1) is 27.1. The number of methoxy groups -OCH3 is 1. The third kappa shape index (κ3) is 4.75. The molecule has 1 fully saturated rings. The Hall–Kier alpha value is -3.09. The lowest BCUT2D eigenvalue weighted by Gasteiger charge is -2.42. The number of hydrogen-bond acceptors (Lipinski definition) is 10. The highest BCUT2D eigenvalue weighted by Crippen LogP contribution is 2.50. The average molecular weight is 580 g/mol. The Bertz CT molecular complexity index is 1620. The number of rotatable bonds is 7. The second kappa shape index (κ2) is 11.1. The van der Waals surface area contributed by atoms with Crippen LogP contribution in [0.4, 0.5) is 5.82 Å². The Morgan fingerprint density at radius 2 is 2.05 bits per heavy atom. The highest BCUT2D eigenvalue weighted by Gasteiger charge is 2.46. The average Bonchev–Trinajstić information content (AvgIpc) is 3.25. The summed E-state index contributed by atoms with van der Waals surface area (Å²) in [4.78, 5) is 34.2. The van der Waals surface area contributed by atoms with Gasteiger partial charge in [-0.05, 0) is 48.4 Å². The highest BCUT2D eigenvalue weighted by molar-refractivity contribution is 7.99. The predicted molar refractivity (Wildman–Crippen MR) is 154 cm³/mol. The van der Waals surface area contributed by atoms with E-state index in [1.165, 1.54) is 22.7 Å². The third-order valence-electron chi connectivity index (χ3n) is 8.10. The number of ether oxygens (including phenoxy) is 1. The van der Waals surface area contributed by atoms with Gasteiger partial charge < -0.3 is 20.5 Å². The van der Waals surface area contributed by atoms with Crippen molar-refractivity contribution in [1.29, 1.82) is 0 Å². The van der Waals surface area contributed by atoms with Gasteiger partial charge in [-0.25, -0.2) is 15.0 Å². The van der Waals surface area contributed by atoms with Crippen LogP contribution in [0.2, 0.25) is 5.02 Å². The van der Waals surface area contributed by atoms with Gasteiger partial charge >= 0.3 is 0 Å². The number of fused-ring (bicyclic) bond motifs is 2. The fraction of sp³-hybridized carbons (Fsp3) is 0.393. The number of piperidine rings is 1. The smallest absolute Gasteiger partial charge is 0.262 e. The highest BCUT2D eigenvalue weighted by atomic mass is 35.5. The van der Waals surface area contributed by atoms with Gasteiger partial charge in [0, 0.05) is 43.0 Å². The fourth-order valence-electron chi connectivity index (χ4n) is 5.85. The fourth-order valence-corrected chi connectivity index (χ4v) is 7.03. The number of nitrogens with zero attached hydrogens (tertiary/aromatic N) is 6. The molecule has 1 aliphatic carbocycles. The maximum Gasteiger partial charge on any atom is 0.262 e. The Morgan fingerprint density at radius 3 is 2.80 bits per heavy atom. The molecular formula is C28H30ClN7O3S. The van der Waals surface area contributed by atoms with E-state index >= 15 is 0 Å². The number of benzene rings is 1. The number of halogens is 1. The first-order chi connectivity index (χ1) is 19.4. The molecule has 1 aliphatic heterocycles. The summed E-state index contributed by atoms with van der Waals surface area (Å²) in [7, 11) is 1.58. The van der Waals surface area contributed by atoms with Crippen LogP contribution in [-0.4, -0.2) is 56.4 Å². The van der Waals surface area contributed by atoms with E-state index < -0.39 is 0 Å². The summed E-state index contributed by atoms with van der Waals surface area (Å²) in [5, 5.41) is 11.4. The predicted octanol–water partition coefficient (Wildman–Crippen LogP) is 3.37. The van der Waals surface area contributed by atoms with Crippen molar-refractivity contribution in [3.63, 3.8) is 0 Å². The van der Waals surface area contributed by atoms with E-state index in [0.717, 1.165) is 43.6 Å². The van der Waals surface area contributed by atoms with Crippen molar-refractivity contribution in [2.75, 3.05) is 31.7 Å². The second-order valence-electron chi connectivity index (χ2n) is 10.3. The van der Waals surface area contributed by atoms with Crippen molar-refractivity contribution in [2.45, 2.75) is 48.4 Å². The monoisotopic (exact) mass is 579 g/mol. The first-order valence-corrected chi connectivity index (χ1v) is 14.4. The largest absolute Gasteiger partial charge is 0.390 e. The molecule has 0 radical (unpaired) electrons. The summed E-state index contributed by atoms with van der Waals surface area (Å²) in [5.74, 6) is 0.679. The maximum absolute atomic E-state index is 13.1. The summed E-state index contributed by atoms with van der Waals surface area (Å²) in [6.45, 7) is 2.07. The van der Waals surface area contributed by atoms with Crippen molar-refractivity contribution >= 4 is 40.1 Å². The standard InChI is InChI=1S/C28H30ClN7O3S/c1-39-12-11-36-16-33-18-4-5-21(24(29)23(18)27(36)38)40-22-14-32-26(20(15-37)34-22)35-9-6-28(7-10-35)13-19-17(25(28)30)3-2-8-31-19/h2-5,8,14,16,25,37H,6-7,9-13,15,30H2,1H3/t25-/m1/s1. The quantitative estimate of drug-likeness (QED) is 0.336. The van der Waals surface area contributed by atoms with Gasteiger partial charge in [-0.1, -0.05) is 29.4 Å². The zero-order valence-corrected chi connectivity index (χ0v) is 23.7. The molecule has 3 N–H and O–H groups in total. The Labute approximate surface area is 240 Å². The molecule has 3 aromatic heterocycles. The van der Waals surface area contributed by atoms with Crippen LogP contribution < -0.4 is 16.2 Å². The summed E-state index contributed by atoms with van der Waals surface area (Å²) < 4.78 is 6.58. The molecule has 2 aliphatic rings. The lowest BCUT2D eigenvalue weighted by atomic mass is 9.73. The molecule has 0 bridgehead atoms. The number of nitrogens with two attached hydrogens (primary N) is 1. The van der Waals surface area contributed by atoms with Crippen molar-refractivity contribution in [3.8, 4) is 0 Å². The Balaban J connectivity index is 1.21. The van der Waals surface area contributed by atoms with Gasteiger partial charge in [-0.2, -0.15) is 0 Å². The maximum atomic E-state index is 13.1. The van der Waals surface area contributed by atoms with Crippen LogP contribution in [0.3, 0.4) is 0 Å². The molecule has 1 spiro atoms. The first-order valence-electron chi connectivity index (χ1n) is 13.2. The van der Waals surface area contributed by atoms with Crippen LogP contribution in [0.25, 0.3) is 10.9 Å². The van der Waals surface area contributed by atoms with Gasteiger partial charge in [0.15, 0.2) is 5.82 Å². The molecule has 10 nitrogen and oxygen atoms in total. The lowest BCUT2D eigenvalue weighted by molar-refractivity contribution is 0.186. The van der Waals surface area contributed by atoms with Gasteiger partial charge in [0.2, 0.25) is 0 Å². The molecule has 0 amide bonds. The Morgan fingerprint density at radius 1 is 1.23 bits per heavy atom. The number of aromatic nitrogens is 5. The van der Waals surface area contributed by atoms with Crippen LogP contribution in [0.1, 0.15) is 35.8 Å². The lowest BCUT2D eigenvalue weighted by Crippen LogP contribution is -2.45. The SMILES string of the molecule is COCCn1cnc2ccc(Sc3cnc(N4CCC5(CC4)Cc4ncccc4[C@H]5N)c(CO)n3)c(Cl)c2c1=O. The zero-order valence-electron chi connectivity index (χ0n) is 22.1. The van der Waals surface area contributed by atoms with Gasteiger partial charge in [0.1, 0.15) is 10.7 Å². The summed E-state index contributed by atoms with van der Waals surface area (Å²) in [6.07, 6.45) is 7.75. The number of pyridine rings is 1. The molecule has 0 saturated carbocycles. The topological polar surface area (TPSA) is 132 Å². The van der Waals surface area contributed by atoms with Crippen LogP contribution >= 0.6 is 23.4 Å². The molecule has 6 rings (SSSR count). The van der Waals surface area contributed by atoms with Crippen molar-refractivity contribution in [3.05, 3.63) is 75.3 Å². The molecule has 1 saturated heterocycles. The molecular weight excluding hydrogens is 550 g/mol. The van der Waals surface area contributed by atoms with E-state index in [1.807, 2.05) is 18.3 Å². The Kier molecular flexibility index (Phi) is 7.49. The summed E-state index contributed by atoms with van der Waals surface area (Å²) >= 11 is 8.00. The zero-order chi connectivity index (χ0) is 27.9. The van der Waals surface area contributed by atoms with Crippen LogP contribution in [0, 0.1) is 5.41 Å². The van der Waals surface area contributed by atoms with Gasteiger partial charge in [-0.15, -0.1) is 0 Å². The molecule has 1 aromatic carbocycles. The molecule has 40 heavy (non-hydrogen) atoms. The van der Waals surface area contributed by atoms with Crippen LogP contribution in [0.15, 0.2) is 57.7 Å². The van der Waals surface area contributed by atoms with E-state index in [0.29, 0.717) is 50.5 Å².